The van der Waals surface area contributed by atoms with E-state index in [0.29, 0.717) is 10.9 Å². The lowest BCUT2D eigenvalue weighted by Gasteiger charge is -2.23. The second-order valence-electron chi connectivity index (χ2n) is 4.20. The summed E-state index contributed by atoms with van der Waals surface area (Å²) in [4.78, 5) is 4.43. The van der Waals surface area contributed by atoms with Crippen LogP contribution in [0.2, 0.25) is 0 Å². The maximum atomic E-state index is 13.0. The molecule has 2 unspecified atom stereocenters. The Morgan fingerprint density at radius 1 is 1.29 bits per heavy atom. The fourth-order valence-corrected chi connectivity index (χ4v) is 2.93. The molecule has 92 valence electrons. The third kappa shape index (κ3) is 3.19. The van der Waals surface area contributed by atoms with Crippen molar-refractivity contribution in [3.05, 3.63) is 29.8 Å². The number of hydrogen-bond acceptors (Lipinski definition) is 3. The number of thioether (sulfide) groups is 1. The highest BCUT2D eigenvalue weighted by Gasteiger charge is 2.18. The molecule has 1 aromatic carbocycles. The monoisotopic (exact) mass is 256 g/mol. The third-order valence-electron chi connectivity index (χ3n) is 2.49. The number of hydrogen-bond donors (Lipinski definition) is 1. The number of nitrogens with zero attached hydrogens (tertiary/aromatic N) is 1. The summed E-state index contributed by atoms with van der Waals surface area (Å²) in [7, 11) is 0. The van der Waals surface area contributed by atoms with Gasteiger partial charge < -0.3 is 5.32 Å². The third-order valence-corrected chi connectivity index (χ3v) is 3.52. The predicted octanol–water partition coefficient (Wildman–Crippen LogP) is 3.65. The van der Waals surface area contributed by atoms with Crippen molar-refractivity contribution < 1.29 is 8.78 Å². The molecule has 0 saturated carbocycles. The summed E-state index contributed by atoms with van der Waals surface area (Å²) in [5.41, 5.74) is 0.524. The maximum absolute atomic E-state index is 13.0. The Kier molecular flexibility index (Phi) is 3.66. The van der Waals surface area contributed by atoms with Crippen LogP contribution in [0.1, 0.15) is 20.3 Å². The minimum absolute atomic E-state index is 0.263. The topological polar surface area (TPSA) is 24.4 Å². The quantitative estimate of drug-likeness (QED) is 0.829. The second kappa shape index (κ2) is 5.04. The van der Waals surface area contributed by atoms with Gasteiger partial charge in [0.25, 0.3) is 0 Å². The molecule has 1 heterocycles. The van der Waals surface area contributed by atoms with E-state index in [1.165, 1.54) is 6.07 Å². The molecule has 0 saturated heterocycles. The van der Waals surface area contributed by atoms with Crippen LogP contribution in [-0.2, 0) is 0 Å². The first-order valence-electron chi connectivity index (χ1n) is 5.51. The summed E-state index contributed by atoms with van der Waals surface area (Å²) in [6.45, 7) is 4.17. The van der Waals surface area contributed by atoms with Crippen molar-refractivity contribution in [2.24, 2.45) is 4.99 Å². The van der Waals surface area contributed by atoms with Crippen molar-refractivity contribution in [3.8, 4) is 0 Å². The van der Waals surface area contributed by atoms with Crippen LogP contribution < -0.4 is 5.32 Å². The van der Waals surface area contributed by atoms with E-state index >= 15 is 0 Å². The first-order chi connectivity index (χ1) is 8.04. The van der Waals surface area contributed by atoms with Crippen molar-refractivity contribution in [2.75, 3.05) is 5.32 Å². The van der Waals surface area contributed by atoms with E-state index in [9.17, 15) is 8.78 Å². The zero-order valence-corrected chi connectivity index (χ0v) is 10.5. The van der Waals surface area contributed by atoms with Gasteiger partial charge in [-0.3, -0.25) is 4.99 Å². The fraction of sp³-hybridized carbons (Fsp3) is 0.417. The van der Waals surface area contributed by atoms with Gasteiger partial charge in [-0.05, 0) is 25.5 Å². The average molecular weight is 256 g/mol. The molecule has 1 aromatic rings. The SMILES string of the molecule is CC1CC(C)SC(Nc2ccc(F)c(F)c2)=N1. The first-order valence-corrected chi connectivity index (χ1v) is 6.39. The number of benzene rings is 1. The van der Waals surface area contributed by atoms with Gasteiger partial charge in [-0.1, -0.05) is 18.7 Å². The molecule has 1 N–H and O–H groups in total. The van der Waals surface area contributed by atoms with Crippen LogP contribution in [0.5, 0.6) is 0 Å². The summed E-state index contributed by atoms with van der Waals surface area (Å²) in [5, 5.41) is 4.26. The molecular formula is C12H14F2N2S. The molecule has 1 aliphatic rings. The molecule has 2 nitrogen and oxygen atoms in total. The van der Waals surface area contributed by atoms with E-state index in [1.807, 2.05) is 6.92 Å². The summed E-state index contributed by atoms with van der Waals surface area (Å²) >= 11 is 1.62. The van der Waals surface area contributed by atoms with Gasteiger partial charge in [0, 0.05) is 17.0 Å². The second-order valence-corrected chi connectivity index (χ2v) is 5.63. The number of aliphatic imine (C=N–C) groups is 1. The van der Waals surface area contributed by atoms with E-state index < -0.39 is 11.6 Å². The maximum Gasteiger partial charge on any atom is 0.161 e. The lowest BCUT2D eigenvalue weighted by atomic mass is 10.2. The van der Waals surface area contributed by atoms with Crippen molar-refractivity contribution in [1.29, 1.82) is 0 Å². The molecule has 0 aromatic heterocycles. The molecule has 0 amide bonds. The molecule has 2 rings (SSSR count). The number of anilines is 1. The molecule has 5 heteroatoms. The normalized spacial score (nSPS) is 24.4. The van der Waals surface area contributed by atoms with Crippen molar-refractivity contribution >= 4 is 22.6 Å². The standard InChI is InChI=1S/C12H14F2N2S/c1-7-5-8(2)17-12(15-7)16-9-3-4-10(13)11(14)6-9/h3-4,6-8H,5H2,1-2H3,(H,15,16). The Morgan fingerprint density at radius 3 is 2.71 bits per heavy atom. The summed E-state index contributed by atoms with van der Waals surface area (Å²) in [6.07, 6.45) is 1.04. The van der Waals surface area contributed by atoms with Gasteiger partial charge in [0.15, 0.2) is 16.8 Å². The van der Waals surface area contributed by atoms with E-state index in [0.717, 1.165) is 23.7 Å². The number of halogens is 2. The lowest BCUT2D eigenvalue weighted by Crippen LogP contribution is -2.22. The zero-order chi connectivity index (χ0) is 12.4. The van der Waals surface area contributed by atoms with Crippen LogP contribution in [0.15, 0.2) is 23.2 Å². The molecule has 0 spiro atoms. The molecule has 0 radical (unpaired) electrons. The first kappa shape index (κ1) is 12.4. The Labute approximate surface area is 104 Å². The minimum Gasteiger partial charge on any atom is -0.335 e. The highest BCUT2D eigenvalue weighted by molar-refractivity contribution is 8.14. The average Bonchev–Trinajstić information content (AvgIpc) is 2.22. The molecule has 0 aliphatic carbocycles. The highest BCUT2D eigenvalue weighted by atomic mass is 32.2. The smallest absolute Gasteiger partial charge is 0.161 e. The van der Waals surface area contributed by atoms with Crippen molar-refractivity contribution in [3.63, 3.8) is 0 Å². The van der Waals surface area contributed by atoms with Crippen LogP contribution in [0.4, 0.5) is 14.5 Å². The van der Waals surface area contributed by atoms with Gasteiger partial charge >= 0.3 is 0 Å². The van der Waals surface area contributed by atoms with E-state index in [2.05, 4.69) is 17.2 Å². The molecule has 17 heavy (non-hydrogen) atoms. The van der Waals surface area contributed by atoms with Crippen LogP contribution >= 0.6 is 11.8 Å². The van der Waals surface area contributed by atoms with E-state index in [1.54, 1.807) is 11.8 Å². The Hall–Kier alpha value is -1.10. The van der Waals surface area contributed by atoms with Gasteiger partial charge in [-0.25, -0.2) is 8.78 Å². The van der Waals surface area contributed by atoms with Crippen LogP contribution in [0.25, 0.3) is 0 Å². The molecule has 2 atom stereocenters. The van der Waals surface area contributed by atoms with Crippen molar-refractivity contribution in [1.82, 2.24) is 0 Å². The van der Waals surface area contributed by atoms with Gasteiger partial charge in [0.1, 0.15) is 0 Å². The van der Waals surface area contributed by atoms with Crippen LogP contribution in [-0.4, -0.2) is 16.5 Å². The van der Waals surface area contributed by atoms with Gasteiger partial charge in [-0.15, -0.1) is 0 Å². The Bertz CT molecular complexity index is 448. The Balaban J connectivity index is 2.12. The minimum atomic E-state index is -0.850. The van der Waals surface area contributed by atoms with Crippen LogP contribution in [0.3, 0.4) is 0 Å². The summed E-state index contributed by atoms with van der Waals surface area (Å²) < 4.78 is 25.8. The number of rotatable bonds is 1. The van der Waals surface area contributed by atoms with Crippen LogP contribution in [0, 0.1) is 11.6 Å². The molecule has 0 bridgehead atoms. The summed E-state index contributed by atoms with van der Waals surface area (Å²) in [5.74, 6) is -1.69. The molecule has 0 fully saturated rings. The largest absolute Gasteiger partial charge is 0.335 e. The number of amidine groups is 1. The predicted molar refractivity (Wildman–Crippen MR) is 68.5 cm³/mol. The highest BCUT2D eigenvalue weighted by Crippen LogP contribution is 2.26. The lowest BCUT2D eigenvalue weighted by molar-refractivity contribution is 0.509. The van der Waals surface area contributed by atoms with Gasteiger partial charge in [0.05, 0.1) is 6.04 Å². The number of nitrogens with one attached hydrogen (secondary N) is 1. The summed E-state index contributed by atoms with van der Waals surface area (Å²) in [6, 6.07) is 4.02. The molecular weight excluding hydrogens is 242 g/mol. The van der Waals surface area contributed by atoms with Gasteiger partial charge in [-0.2, -0.15) is 0 Å². The van der Waals surface area contributed by atoms with E-state index in [4.69, 9.17) is 0 Å². The fourth-order valence-electron chi connectivity index (χ4n) is 1.76. The van der Waals surface area contributed by atoms with E-state index in [-0.39, 0.29) is 6.04 Å². The van der Waals surface area contributed by atoms with Gasteiger partial charge in [0.2, 0.25) is 0 Å². The molecule has 1 aliphatic heterocycles. The zero-order valence-electron chi connectivity index (χ0n) is 9.71. The Morgan fingerprint density at radius 2 is 2.06 bits per heavy atom. The van der Waals surface area contributed by atoms with Crippen molar-refractivity contribution in [2.45, 2.75) is 31.6 Å².